The molecule has 0 saturated carbocycles. The monoisotopic (exact) mass is 293 g/mol. The topological polar surface area (TPSA) is 104 Å². The SMILES string of the molecule is CSc1nc(=O)[nH]c(C)c1C(=O)Nc1c(C)n[nH]c1C. The van der Waals surface area contributed by atoms with Crippen molar-refractivity contribution < 1.29 is 4.79 Å². The number of anilines is 1. The quantitative estimate of drug-likeness (QED) is 0.586. The minimum Gasteiger partial charge on any atom is -0.319 e. The summed E-state index contributed by atoms with van der Waals surface area (Å²) in [4.78, 5) is 30.1. The van der Waals surface area contributed by atoms with Gasteiger partial charge in [0.1, 0.15) is 5.03 Å². The number of aryl methyl sites for hydroxylation is 3. The average molecular weight is 293 g/mol. The molecule has 7 nitrogen and oxygen atoms in total. The number of aromatic nitrogens is 4. The van der Waals surface area contributed by atoms with Gasteiger partial charge < -0.3 is 10.3 Å². The maximum absolute atomic E-state index is 12.4. The summed E-state index contributed by atoms with van der Waals surface area (Å²) in [5.74, 6) is -0.316. The molecular formula is C12H15N5O2S. The molecule has 0 radical (unpaired) electrons. The molecule has 1 amide bonds. The fraction of sp³-hybridized carbons (Fsp3) is 0.333. The summed E-state index contributed by atoms with van der Waals surface area (Å²) in [5, 5.41) is 10.0. The predicted octanol–water partition coefficient (Wildman–Crippen LogP) is 1.39. The predicted molar refractivity (Wildman–Crippen MR) is 77.4 cm³/mol. The number of hydrogen-bond donors (Lipinski definition) is 3. The van der Waals surface area contributed by atoms with Crippen molar-refractivity contribution in [3.63, 3.8) is 0 Å². The number of aromatic amines is 2. The van der Waals surface area contributed by atoms with Gasteiger partial charge in [-0.3, -0.25) is 9.89 Å². The molecule has 0 spiro atoms. The summed E-state index contributed by atoms with van der Waals surface area (Å²) in [6.45, 7) is 5.29. The Morgan fingerprint density at radius 3 is 2.50 bits per heavy atom. The number of nitrogens with one attached hydrogen (secondary N) is 3. The normalized spacial score (nSPS) is 10.6. The van der Waals surface area contributed by atoms with E-state index in [1.165, 1.54) is 11.8 Å². The zero-order valence-electron chi connectivity index (χ0n) is 11.6. The van der Waals surface area contributed by atoms with Crippen LogP contribution in [0.3, 0.4) is 0 Å². The van der Waals surface area contributed by atoms with Gasteiger partial charge in [0.25, 0.3) is 5.91 Å². The molecule has 0 aliphatic carbocycles. The smallest absolute Gasteiger partial charge is 0.319 e. The summed E-state index contributed by atoms with van der Waals surface area (Å²) in [5.41, 5.74) is 2.53. The van der Waals surface area contributed by atoms with E-state index in [2.05, 4.69) is 25.5 Å². The number of rotatable bonds is 3. The van der Waals surface area contributed by atoms with E-state index in [1.54, 1.807) is 20.1 Å². The van der Waals surface area contributed by atoms with Gasteiger partial charge in [-0.15, -0.1) is 11.8 Å². The largest absolute Gasteiger partial charge is 0.346 e. The molecule has 0 bridgehead atoms. The van der Waals surface area contributed by atoms with Gasteiger partial charge in [0.15, 0.2) is 0 Å². The molecule has 0 aliphatic rings. The molecule has 0 atom stereocenters. The van der Waals surface area contributed by atoms with Crippen LogP contribution in [0.1, 0.15) is 27.4 Å². The summed E-state index contributed by atoms with van der Waals surface area (Å²) < 4.78 is 0. The molecule has 0 fully saturated rings. The van der Waals surface area contributed by atoms with Gasteiger partial charge in [0.05, 0.1) is 22.6 Å². The first kappa shape index (κ1) is 14.3. The highest BCUT2D eigenvalue weighted by molar-refractivity contribution is 7.98. The van der Waals surface area contributed by atoms with Crippen molar-refractivity contribution in [1.82, 2.24) is 20.2 Å². The zero-order chi connectivity index (χ0) is 14.9. The lowest BCUT2D eigenvalue weighted by molar-refractivity contribution is 0.102. The van der Waals surface area contributed by atoms with Crippen LogP contribution >= 0.6 is 11.8 Å². The maximum atomic E-state index is 12.4. The van der Waals surface area contributed by atoms with Crippen LogP contribution in [0, 0.1) is 20.8 Å². The number of H-pyrrole nitrogens is 2. The highest BCUT2D eigenvalue weighted by Crippen LogP contribution is 2.22. The van der Waals surface area contributed by atoms with Crippen LogP contribution in [-0.2, 0) is 0 Å². The lowest BCUT2D eigenvalue weighted by Gasteiger charge is -2.10. The number of thioether (sulfide) groups is 1. The third-order valence-corrected chi connectivity index (χ3v) is 3.56. The Morgan fingerprint density at radius 1 is 1.25 bits per heavy atom. The lowest BCUT2D eigenvalue weighted by atomic mass is 10.2. The molecule has 2 aromatic heterocycles. The highest BCUT2D eigenvalue weighted by atomic mass is 32.2. The molecule has 0 aromatic carbocycles. The van der Waals surface area contributed by atoms with E-state index in [0.717, 1.165) is 5.69 Å². The van der Waals surface area contributed by atoms with E-state index in [1.807, 2.05) is 6.92 Å². The third-order valence-electron chi connectivity index (χ3n) is 2.87. The van der Waals surface area contributed by atoms with Crippen molar-refractivity contribution in [2.45, 2.75) is 25.8 Å². The summed E-state index contributed by atoms with van der Waals surface area (Å²) in [7, 11) is 0. The van der Waals surface area contributed by atoms with E-state index in [-0.39, 0.29) is 5.91 Å². The molecule has 0 saturated heterocycles. The number of nitrogens with zero attached hydrogens (tertiary/aromatic N) is 2. The second kappa shape index (κ2) is 5.49. The van der Waals surface area contributed by atoms with Gasteiger partial charge in [0, 0.05) is 5.69 Å². The molecule has 0 aliphatic heterocycles. The van der Waals surface area contributed by atoms with E-state index < -0.39 is 5.69 Å². The first-order valence-corrected chi connectivity index (χ1v) is 7.14. The second-order valence-electron chi connectivity index (χ2n) is 4.31. The van der Waals surface area contributed by atoms with Crippen LogP contribution in [0.15, 0.2) is 9.82 Å². The Kier molecular flexibility index (Phi) is 3.93. The van der Waals surface area contributed by atoms with E-state index in [4.69, 9.17) is 0 Å². The molecule has 8 heteroatoms. The van der Waals surface area contributed by atoms with Crippen molar-refractivity contribution in [3.05, 3.63) is 33.1 Å². The van der Waals surface area contributed by atoms with E-state index in [9.17, 15) is 9.59 Å². The zero-order valence-corrected chi connectivity index (χ0v) is 12.4. The van der Waals surface area contributed by atoms with Crippen molar-refractivity contribution in [2.24, 2.45) is 0 Å². The first-order chi connectivity index (χ1) is 9.43. The fourth-order valence-electron chi connectivity index (χ4n) is 1.89. The Hall–Kier alpha value is -2.09. The van der Waals surface area contributed by atoms with Crippen LogP contribution in [0.25, 0.3) is 0 Å². The van der Waals surface area contributed by atoms with Crippen LogP contribution in [0.4, 0.5) is 5.69 Å². The van der Waals surface area contributed by atoms with Gasteiger partial charge in [0.2, 0.25) is 0 Å². The molecule has 3 N–H and O–H groups in total. The minimum atomic E-state index is -0.459. The second-order valence-corrected chi connectivity index (χ2v) is 5.11. The number of hydrogen-bond acceptors (Lipinski definition) is 5. The Balaban J connectivity index is 2.42. The van der Waals surface area contributed by atoms with E-state index >= 15 is 0 Å². The molecular weight excluding hydrogens is 278 g/mol. The maximum Gasteiger partial charge on any atom is 0.346 e. The molecule has 106 valence electrons. The Labute approximate surface area is 119 Å². The van der Waals surface area contributed by atoms with Crippen molar-refractivity contribution in [3.8, 4) is 0 Å². The summed E-state index contributed by atoms with van der Waals surface area (Å²) >= 11 is 1.26. The van der Waals surface area contributed by atoms with Crippen molar-refractivity contribution >= 4 is 23.4 Å². The number of amides is 1. The van der Waals surface area contributed by atoms with Crippen LogP contribution < -0.4 is 11.0 Å². The van der Waals surface area contributed by atoms with E-state index in [0.29, 0.717) is 27.7 Å². The van der Waals surface area contributed by atoms with Gasteiger partial charge in [-0.05, 0) is 27.0 Å². The highest BCUT2D eigenvalue weighted by Gasteiger charge is 2.19. The van der Waals surface area contributed by atoms with Crippen molar-refractivity contribution in [2.75, 3.05) is 11.6 Å². The molecule has 20 heavy (non-hydrogen) atoms. The first-order valence-electron chi connectivity index (χ1n) is 5.92. The van der Waals surface area contributed by atoms with Gasteiger partial charge in [-0.25, -0.2) is 4.79 Å². The van der Waals surface area contributed by atoms with Gasteiger partial charge in [-0.2, -0.15) is 10.1 Å². The van der Waals surface area contributed by atoms with Crippen molar-refractivity contribution in [1.29, 1.82) is 0 Å². The van der Waals surface area contributed by atoms with Crippen LogP contribution in [0.5, 0.6) is 0 Å². The molecule has 2 aromatic rings. The minimum absolute atomic E-state index is 0.316. The molecule has 2 heterocycles. The third kappa shape index (κ3) is 2.60. The summed E-state index contributed by atoms with van der Waals surface area (Å²) in [6.07, 6.45) is 1.77. The number of carbonyl (C=O) groups excluding carboxylic acids is 1. The Bertz CT molecular complexity index is 700. The van der Waals surface area contributed by atoms with Crippen LogP contribution in [0.2, 0.25) is 0 Å². The average Bonchev–Trinajstić information content (AvgIpc) is 2.69. The molecule has 2 rings (SSSR count). The Morgan fingerprint density at radius 2 is 1.95 bits per heavy atom. The number of carbonyl (C=O) groups is 1. The molecule has 0 unspecified atom stereocenters. The fourth-order valence-corrected chi connectivity index (χ4v) is 2.51. The van der Waals surface area contributed by atoms with Crippen LogP contribution in [-0.4, -0.2) is 32.3 Å². The lowest BCUT2D eigenvalue weighted by Crippen LogP contribution is -2.22. The van der Waals surface area contributed by atoms with Gasteiger partial charge in [-0.1, -0.05) is 0 Å². The van der Waals surface area contributed by atoms with Gasteiger partial charge >= 0.3 is 5.69 Å². The standard InChI is InChI=1S/C12H15N5O2S/c1-5-8(11(20-4)15-12(19)13-5)10(18)14-9-6(2)16-17-7(9)3/h1-4H3,(H,14,18)(H,16,17)(H,13,15,19). The summed E-state index contributed by atoms with van der Waals surface area (Å²) in [6, 6.07) is 0.